The maximum Gasteiger partial charge on any atom is 0.261 e. The molecule has 20 heavy (non-hydrogen) atoms. The molecule has 1 amide bonds. The zero-order valence-electron chi connectivity index (χ0n) is 10.6. The Morgan fingerprint density at radius 3 is 2.20 bits per heavy atom. The van der Waals surface area contributed by atoms with E-state index >= 15 is 0 Å². The van der Waals surface area contributed by atoms with Crippen LogP contribution in [0.25, 0.3) is 0 Å². The summed E-state index contributed by atoms with van der Waals surface area (Å²) in [6, 6.07) is 9.32. The van der Waals surface area contributed by atoms with Gasteiger partial charge in [-0.15, -0.1) is 0 Å². The van der Waals surface area contributed by atoms with E-state index in [1.165, 1.54) is 25.1 Å². The van der Waals surface area contributed by atoms with Crippen molar-refractivity contribution in [2.75, 3.05) is 5.32 Å². The number of anilines is 1. The van der Waals surface area contributed by atoms with Crippen LogP contribution in [-0.2, 0) is 0 Å². The van der Waals surface area contributed by atoms with Gasteiger partial charge in [0.15, 0.2) is 5.78 Å². The molecule has 0 aliphatic rings. The first-order valence-electron chi connectivity index (χ1n) is 5.85. The molecule has 0 saturated carbocycles. The summed E-state index contributed by atoms with van der Waals surface area (Å²) in [6.07, 6.45) is 0. The zero-order chi connectivity index (χ0) is 14.7. The number of Topliss-reactive ketones (excluding diaryl/α,β-unsaturated/α-hetero) is 1. The van der Waals surface area contributed by atoms with Crippen LogP contribution >= 0.6 is 0 Å². The van der Waals surface area contributed by atoms with Crippen LogP contribution in [0.3, 0.4) is 0 Å². The van der Waals surface area contributed by atoms with E-state index in [-0.39, 0.29) is 5.78 Å². The highest BCUT2D eigenvalue weighted by atomic mass is 19.1. The van der Waals surface area contributed by atoms with E-state index in [4.69, 9.17) is 0 Å². The van der Waals surface area contributed by atoms with Gasteiger partial charge >= 0.3 is 0 Å². The summed E-state index contributed by atoms with van der Waals surface area (Å²) in [5.74, 6) is -2.95. The predicted octanol–water partition coefficient (Wildman–Crippen LogP) is 3.42. The third kappa shape index (κ3) is 2.88. The topological polar surface area (TPSA) is 46.2 Å². The average Bonchev–Trinajstić information content (AvgIpc) is 2.38. The van der Waals surface area contributed by atoms with Gasteiger partial charge in [0.25, 0.3) is 5.91 Å². The minimum Gasteiger partial charge on any atom is -0.322 e. The van der Waals surface area contributed by atoms with Gasteiger partial charge in [0.05, 0.1) is 0 Å². The van der Waals surface area contributed by atoms with Crippen LogP contribution in [0.4, 0.5) is 14.5 Å². The molecule has 0 radical (unpaired) electrons. The fraction of sp³-hybridized carbons (Fsp3) is 0.0667. The van der Waals surface area contributed by atoms with E-state index in [1.807, 2.05) is 0 Å². The molecule has 0 saturated heterocycles. The van der Waals surface area contributed by atoms with Gasteiger partial charge in [0.1, 0.15) is 17.2 Å². The summed E-state index contributed by atoms with van der Waals surface area (Å²) >= 11 is 0. The van der Waals surface area contributed by atoms with Crippen LogP contribution in [0.5, 0.6) is 0 Å². The number of hydrogen-bond donors (Lipinski definition) is 1. The first-order chi connectivity index (χ1) is 9.49. The van der Waals surface area contributed by atoms with E-state index in [1.54, 1.807) is 12.1 Å². The molecule has 0 heterocycles. The van der Waals surface area contributed by atoms with Crippen molar-refractivity contribution in [1.82, 2.24) is 0 Å². The number of hydrogen-bond acceptors (Lipinski definition) is 2. The molecule has 102 valence electrons. The second kappa shape index (κ2) is 5.61. The van der Waals surface area contributed by atoms with E-state index in [2.05, 4.69) is 5.32 Å². The van der Waals surface area contributed by atoms with Crippen molar-refractivity contribution in [1.29, 1.82) is 0 Å². The maximum absolute atomic E-state index is 13.5. The summed E-state index contributed by atoms with van der Waals surface area (Å²) in [4.78, 5) is 23.1. The van der Waals surface area contributed by atoms with Crippen LogP contribution in [0.1, 0.15) is 27.6 Å². The van der Waals surface area contributed by atoms with E-state index in [0.29, 0.717) is 11.3 Å². The lowest BCUT2D eigenvalue weighted by Gasteiger charge is -2.07. The second-order valence-corrected chi connectivity index (χ2v) is 4.19. The van der Waals surface area contributed by atoms with Crippen molar-refractivity contribution >= 4 is 17.4 Å². The smallest absolute Gasteiger partial charge is 0.261 e. The number of carbonyl (C=O) groups excluding carboxylic acids is 2. The zero-order valence-corrected chi connectivity index (χ0v) is 10.6. The first kappa shape index (κ1) is 13.9. The Balaban J connectivity index is 2.28. The molecule has 2 aromatic rings. The van der Waals surface area contributed by atoms with Gasteiger partial charge in [-0.2, -0.15) is 0 Å². The van der Waals surface area contributed by atoms with Crippen molar-refractivity contribution < 1.29 is 18.4 Å². The number of amides is 1. The standard InChI is InChI=1S/C15H11F2NO2/c1-9(19)10-4-2-5-11(8-10)18-15(20)14-12(16)6-3-7-13(14)17/h2-8H,1H3,(H,18,20). The minimum atomic E-state index is -0.940. The van der Waals surface area contributed by atoms with Gasteiger partial charge in [-0.3, -0.25) is 9.59 Å². The Hall–Kier alpha value is -2.56. The normalized spacial score (nSPS) is 10.2. The number of carbonyl (C=O) groups is 2. The van der Waals surface area contributed by atoms with Gasteiger partial charge in [0.2, 0.25) is 0 Å². The molecular formula is C15H11F2NO2. The van der Waals surface area contributed by atoms with Crippen LogP contribution in [0.15, 0.2) is 42.5 Å². The summed E-state index contributed by atoms with van der Waals surface area (Å²) in [7, 11) is 0. The van der Waals surface area contributed by atoms with Gasteiger partial charge in [-0.05, 0) is 31.2 Å². The molecule has 2 aromatic carbocycles. The Kier molecular flexibility index (Phi) is 3.89. The number of nitrogens with one attached hydrogen (secondary N) is 1. The minimum absolute atomic E-state index is 0.168. The fourth-order valence-corrected chi connectivity index (χ4v) is 1.72. The van der Waals surface area contributed by atoms with Gasteiger partial charge < -0.3 is 5.32 Å². The Morgan fingerprint density at radius 1 is 1.00 bits per heavy atom. The van der Waals surface area contributed by atoms with E-state index in [0.717, 1.165) is 12.1 Å². The van der Waals surface area contributed by atoms with Crippen molar-refractivity contribution in [2.24, 2.45) is 0 Å². The van der Waals surface area contributed by atoms with Gasteiger partial charge in [0, 0.05) is 11.3 Å². The maximum atomic E-state index is 13.5. The molecule has 0 bridgehead atoms. The summed E-state index contributed by atoms with van der Waals surface area (Å²) in [5, 5.41) is 2.36. The molecule has 2 rings (SSSR count). The number of ketones is 1. The molecule has 0 spiro atoms. The number of rotatable bonds is 3. The molecule has 0 aliphatic heterocycles. The molecule has 0 unspecified atom stereocenters. The summed E-state index contributed by atoms with van der Waals surface area (Å²) in [6.45, 7) is 1.39. The monoisotopic (exact) mass is 275 g/mol. The fourth-order valence-electron chi connectivity index (χ4n) is 1.72. The lowest BCUT2D eigenvalue weighted by atomic mass is 10.1. The highest BCUT2D eigenvalue weighted by Crippen LogP contribution is 2.16. The molecule has 5 heteroatoms. The highest BCUT2D eigenvalue weighted by Gasteiger charge is 2.17. The Morgan fingerprint density at radius 2 is 1.60 bits per heavy atom. The molecular weight excluding hydrogens is 264 g/mol. The van der Waals surface area contributed by atoms with E-state index in [9.17, 15) is 18.4 Å². The van der Waals surface area contributed by atoms with Crippen LogP contribution in [-0.4, -0.2) is 11.7 Å². The van der Waals surface area contributed by atoms with Crippen molar-refractivity contribution in [3.05, 3.63) is 65.2 Å². The Labute approximate surface area is 114 Å². The Bertz CT molecular complexity index is 663. The average molecular weight is 275 g/mol. The quantitative estimate of drug-likeness (QED) is 0.872. The van der Waals surface area contributed by atoms with Crippen molar-refractivity contribution in [3.63, 3.8) is 0 Å². The molecule has 0 aromatic heterocycles. The van der Waals surface area contributed by atoms with Crippen molar-refractivity contribution in [3.8, 4) is 0 Å². The SMILES string of the molecule is CC(=O)c1cccc(NC(=O)c2c(F)cccc2F)c1. The van der Waals surface area contributed by atoms with Crippen LogP contribution < -0.4 is 5.32 Å². The third-order valence-corrected chi connectivity index (χ3v) is 2.72. The van der Waals surface area contributed by atoms with Crippen LogP contribution in [0.2, 0.25) is 0 Å². The predicted molar refractivity (Wildman–Crippen MR) is 70.8 cm³/mol. The van der Waals surface area contributed by atoms with Gasteiger partial charge in [-0.25, -0.2) is 8.78 Å². The lowest BCUT2D eigenvalue weighted by molar-refractivity contribution is 0.100. The van der Waals surface area contributed by atoms with Gasteiger partial charge in [-0.1, -0.05) is 18.2 Å². The number of halogens is 2. The van der Waals surface area contributed by atoms with Crippen molar-refractivity contribution in [2.45, 2.75) is 6.92 Å². The largest absolute Gasteiger partial charge is 0.322 e. The molecule has 3 nitrogen and oxygen atoms in total. The summed E-state index contributed by atoms with van der Waals surface area (Å²) < 4.78 is 26.9. The first-order valence-corrected chi connectivity index (χ1v) is 5.85. The highest BCUT2D eigenvalue weighted by molar-refractivity contribution is 6.05. The summed E-state index contributed by atoms with van der Waals surface area (Å²) in [5.41, 5.74) is 0.0443. The molecule has 0 fully saturated rings. The second-order valence-electron chi connectivity index (χ2n) is 4.19. The molecule has 0 aliphatic carbocycles. The molecule has 1 N–H and O–H groups in total. The third-order valence-electron chi connectivity index (χ3n) is 2.72. The van der Waals surface area contributed by atoms with E-state index < -0.39 is 23.1 Å². The van der Waals surface area contributed by atoms with Crippen LogP contribution in [0, 0.1) is 11.6 Å². The number of benzene rings is 2. The lowest BCUT2D eigenvalue weighted by Crippen LogP contribution is -2.16. The molecule has 0 atom stereocenters.